The van der Waals surface area contributed by atoms with Gasteiger partial charge in [0.05, 0.1) is 10.3 Å². The number of para-hydroxylation sites is 2. The van der Waals surface area contributed by atoms with E-state index in [-0.39, 0.29) is 22.6 Å². The number of fused-ring (bicyclic) bond motifs is 6. The van der Waals surface area contributed by atoms with Gasteiger partial charge in [0.15, 0.2) is 11.6 Å². The molecule has 0 N–H and O–H groups in total. The van der Waals surface area contributed by atoms with Crippen LogP contribution in [0.5, 0.6) is 0 Å². The van der Waals surface area contributed by atoms with Gasteiger partial charge in [-0.25, -0.2) is 0 Å². The van der Waals surface area contributed by atoms with Gasteiger partial charge in [-0.2, -0.15) is 0 Å². The fourth-order valence-corrected chi connectivity index (χ4v) is 9.35. The summed E-state index contributed by atoms with van der Waals surface area (Å²) in [6.07, 6.45) is 1.79. The fourth-order valence-electron chi connectivity index (χ4n) is 6.40. The number of nitrogens with zero attached hydrogens (tertiary/aromatic N) is 1. The first kappa shape index (κ1) is 25.2. The third-order valence-electron chi connectivity index (χ3n) is 8.41. The van der Waals surface area contributed by atoms with Gasteiger partial charge in [-0.1, -0.05) is 80.6 Å². The number of benzene rings is 4. The van der Waals surface area contributed by atoms with Crippen LogP contribution in [0, 0.1) is 0 Å². The van der Waals surface area contributed by atoms with Crippen LogP contribution < -0.4 is 4.90 Å². The van der Waals surface area contributed by atoms with Crippen LogP contribution in [0.3, 0.4) is 0 Å². The summed E-state index contributed by atoms with van der Waals surface area (Å²) < 4.78 is 2.44. The summed E-state index contributed by atoms with van der Waals surface area (Å²) in [5, 5.41) is 0. The maximum absolute atomic E-state index is 13.0. The molecule has 2 aliphatic carbocycles. The molecule has 5 heteroatoms. The van der Waals surface area contributed by atoms with Gasteiger partial charge in [-0.3, -0.25) is 9.59 Å². The summed E-state index contributed by atoms with van der Waals surface area (Å²) in [6.45, 7) is 4.61. The first-order valence-corrected chi connectivity index (χ1v) is 15.6. The highest BCUT2D eigenvalue weighted by Crippen LogP contribution is 2.58. The number of hydrogen-bond acceptors (Lipinski definition) is 5. The van der Waals surface area contributed by atoms with E-state index < -0.39 is 0 Å². The zero-order valence-electron chi connectivity index (χ0n) is 23.0. The average molecular weight is 580 g/mol. The van der Waals surface area contributed by atoms with Gasteiger partial charge in [0, 0.05) is 48.1 Å². The zero-order valence-corrected chi connectivity index (χ0v) is 24.7. The van der Waals surface area contributed by atoms with Gasteiger partial charge in [0.25, 0.3) is 0 Å². The second-order valence-corrected chi connectivity index (χ2v) is 13.4. The molecule has 0 saturated heterocycles. The molecule has 0 saturated carbocycles. The molecule has 0 aliphatic heterocycles. The molecule has 0 fully saturated rings. The molecule has 4 aromatic carbocycles. The Morgan fingerprint density at radius 2 is 1.24 bits per heavy atom. The van der Waals surface area contributed by atoms with Crippen LogP contribution in [0.15, 0.2) is 115 Å². The smallest absolute Gasteiger partial charge is 0.197 e. The summed E-state index contributed by atoms with van der Waals surface area (Å²) in [5.41, 5.74) is 8.34. The standard InChI is InChI=1S/C37H25NO2S2/c1-37(2)30-19-24(38(22-11-5-3-6-12-22)23-13-7-4-8-14-23)17-18-28(30)35-32(37)36-31(42-35)21-25(41-36)20-29-33(39)26-15-9-10-16-27(26)34(29)40/h3-21H,1-2H3. The van der Waals surface area contributed by atoms with Crippen LogP contribution in [0.1, 0.15) is 50.6 Å². The topological polar surface area (TPSA) is 37.4 Å². The number of rotatable bonds is 4. The molecular weight excluding hydrogens is 555 g/mol. The van der Waals surface area contributed by atoms with Crippen molar-refractivity contribution in [3.8, 4) is 10.4 Å². The van der Waals surface area contributed by atoms with Crippen molar-refractivity contribution in [1.82, 2.24) is 0 Å². The van der Waals surface area contributed by atoms with E-state index in [2.05, 4.69) is 91.5 Å². The van der Waals surface area contributed by atoms with Crippen LogP contribution in [0.4, 0.5) is 17.1 Å². The number of thiophene rings is 2. The summed E-state index contributed by atoms with van der Waals surface area (Å²) in [6, 6.07) is 37.0. The van der Waals surface area contributed by atoms with E-state index in [9.17, 15) is 9.59 Å². The number of hydrogen-bond donors (Lipinski definition) is 0. The second-order valence-electron chi connectivity index (χ2n) is 11.3. The zero-order chi connectivity index (χ0) is 28.6. The second kappa shape index (κ2) is 9.21. The van der Waals surface area contributed by atoms with Crippen LogP contribution in [0.25, 0.3) is 25.9 Å². The van der Waals surface area contributed by atoms with Crippen molar-refractivity contribution in [1.29, 1.82) is 0 Å². The van der Waals surface area contributed by atoms with E-state index in [1.54, 1.807) is 40.9 Å². The van der Waals surface area contributed by atoms with E-state index >= 15 is 0 Å². The van der Waals surface area contributed by atoms with Crippen LogP contribution in [-0.4, -0.2) is 11.6 Å². The molecule has 202 valence electrons. The molecule has 0 radical (unpaired) electrons. The van der Waals surface area contributed by atoms with Gasteiger partial charge in [0.2, 0.25) is 0 Å². The minimum Gasteiger partial charge on any atom is -0.310 e. The average Bonchev–Trinajstić information content (AvgIpc) is 3.69. The third-order valence-corrected chi connectivity index (χ3v) is 10.8. The number of ketones is 2. The minimum atomic E-state index is -0.206. The Morgan fingerprint density at radius 3 is 1.86 bits per heavy atom. The molecule has 2 heterocycles. The SMILES string of the molecule is CC1(C)c2cc(N(c3ccccc3)c3ccccc3)ccc2-c2sc3cc(C=C4C(=O)c5ccccc5C4=O)sc3c21. The highest BCUT2D eigenvalue weighted by Gasteiger charge is 2.40. The highest BCUT2D eigenvalue weighted by molar-refractivity contribution is 7.30. The molecule has 0 spiro atoms. The first-order valence-electron chi connectivity index (χ1n) is 13.9. The number of allylic oxidation sites excluding steroid dienone is 1. The molecule has 6 aromatic rings. The van der Waals surface area contributed by atoms with Gasteiger partial charge in [-0.15, -0.1) is 22.7 Å². The lowest BCUT2D eigenvalue weighted by molar-refractivity contribution is 0.0990. The lowest BCUT2D eigenvalue weighted by Gasteiger charge is -2.28. The largest absolute Gasteiger partial charge is 0.310 e. The van der Waals surface area contributed by atoms with E-state index in [1.165, 1.54) is 31.0 Å². The van der Waals surface area contributed by atoms with E-state index in [0.717, 1.165) is 21.9 Å². The quantitative estimate of drug-likeness (QED) is 0.154. The fraction of sp³-hybridized carbons (Fsp3) is 0.0811. The Morgan fingerprint density at radius 1 is 0.643 bits per heavy atom. The van der Waals surface area contributed by atoms with Crippen molar-refractivity contribution in [2.24, 2.45) is 0 Å². The highest BCUT2D eigenvalue weighted by atomic mass is 32.1. The summed E-state index contributed by atoms with van der Waals surface area (Å²) in [7, 11) is 0. The molecule has 2 aliphatic rings. The number of Topliss-reactive ketones (excluding diaryl/α,β-unsaturated/α-hetero) is 2. The molecule has 2 aromatic heterocycles. The van der Waals surface area contributed by atoms with Gasteiger partial charge in [0.1, 0.15) is 0 Å². The molecule has 3 nitrogen and oxygen atoms in total. The van der Waals surface area contributed by atoms with Crippen molar-refractivity contribution in [2.75, 3.05) is 4.90 Å². The number of carbonyl (C=O) groups is 2. The van der Waals surface area contributed by atoms with Crippen LogP contribution in [0.2, 0.25) is 0 Å². The monoisotopic (exact) mass is 579 g/mol. The molecule has 0 unspecified atom stereocenters. The summed E-state index contributed by atoms with van der Waals surface area (Å²) >= 11 is 3.48. The van der Waals surface area contributed by atoms with Crippen molar-refractivity contribution < 1.29 is 9.59 Å². The Kier molecular flexibility index (Phi) is 5.52. The minimum absolute atomic E-state index is 0.181. The third kappa shape index (κ3) is 3.64. The van der Waals surface area contributed by atoms with Crippen molar-refractivity contribution in [3.05, 3.63) is 142 Å². The van der Waals surface area contributed by atoms with E-state index in [1.807, 2.05) is 24.3 Å². The molecular formula is C37H25NO2S2. The molecule has 0 amide bonds. The normalized spacial score (nSPS) is 14.7. The van der Waals surface area contributed by atoms with E-state index in [0.29, 0.717) is 11.1 Å². The number of carbonyl (C=O) groups excluding carboxylic acids is 2. The van der Waals surface area contributed by atoms with Gasteiger partial charge in [-0.05, 0) is 65.2 Å². The maximum Gasteiger partial charge on any atom is 0.197 e. The lowest BCUT2D eigenvalue weighted by atomic mass is 9.82. The first-order chi connectivity index (χ1) is 20.4. The molecule has 42 heavy (non-hydrogen) atoms. The predicted molar refractivity (Wildman–Crippen MR) is 175 cm³/mol. The summed E-state index contributed by atoms with van der Waals surface area (Å²) in [4.78, 5) is 30.6. The molecule has 8 rings (SSSR count). The van der Waals surface area contributed by atoms with Crippen molar-refractivity contribution >= 4 is 66.8 Å². The van der Waals surface area contributed by atoms with Gasteiger partial charge >= 0.3 is 0 Å². The molecule has 0 bridgehead atoms. The van der Waals surface area contributed by atoms with Crippen molar-refractivity contribution in [3.63, 3.8) is 0 Å². The maximum atomic E-state index is 13.0. The molecule has 0 atom stereocenters. The van der Waals surface area contributed by atoms with Crippen molar-refractivity contribution in [2.45, 2.75) is 19.3 Å². The van der Waals surface area contributed by atoms with E-state index in [4.69, 9.17) is 0 Å². The van der Waals surface area contributed by atoms with Gasteiger partial charge < -0.3 is 4.90 Å². The Bertz CT molecular complexity index is 2020. The predicted octanol–water partition coefficient (Wildman–Crippen LogP) is 10.2. The Labute approximate surface area is 252 Å². The summed E-state index contributed by atoms with van der Waals surface area (Å²) in [5.74, 6) is -0.363. The Balaban J connectivity index is 1.21. The lowest BCUT2D eigenvalue weighted by Crippen LogP contribution is -2.16. The van der Waals surface area contributed by atoms with Crippen LogP contribution in [-0.2, 0) is 5.41 Å². The number of anilines is 3. The Hall–Kier alpha value is -4.58. The van der Waals surface area contributed by atoms with Crippen LogP contribution >= 0.6 is 22.7 Å².